The summed E-state index contributed by atoms with van der Waals surface area (Å²) in [7, 11) is 0. The SMILES string of the molecule is O=C(NC1CCCC1C(=O)O)c1ccc(I)c(O)c1. The molecule has 2 unspecified atom stereocenters. The third-order valence-electron chi connectivity index (χ3n) is 3.36. The Morgan fingerprint density at radius 1 is 1.32 bits per heavy atom. The summed E-state index contributed by atoms with van der Waals surface area (Å²) in [4.78, 5) is 23.1. The molecule has 2 atom stereocenters. The minimum atomic E-state index is -0.867. The standard InChI is InChI=1S/C13H14INO4/c14-9-5-4-7(6-11(9)16)12(17)15-10-3-1-2-8(10)13(18)19/h4-6,8,10,16H,1-3H2,(H,15,17)(H,18,19). The van der Waals surface area contributed by atoms with Gasteiger partial charge in [-0.05, 0) is 53.6 Å². The molecule has 0 bridgehead atoms. The van der Waals surface area contributed by atoms with Gasteiger partial charge in [0.15, 0.2) is 0 Å². The predicted octanol–water partition coefficient (Wildman–Crippen LogP) is 1.98. The Kier molecular flexibility index (Phi) is 4.28. The van der Waals surface area contributed by atoms with Crippen LogP contribution in [0.2, 0.25) is 0 Å². The summed E-state index contributed by atoms with van der Waals surface area (Å²) in [5, 5.41) is 21.4. The fraction of sp³-hybridized carbons (Fsp3) is 0.385. The van der Waals surface area contributed by atoms with Crippen molar-refractivity contribution in [2.75, 3.05) is 0 Å². The molecule has 5 nitrogen and oxygen atoms in total. The molecule has 1 aromatic rings. The molecule has 0 saturated heterocycles. The molecule has 1 saturated carbocycles. The van der Waals surface area contributed by atoms with Crippen LogP contribution in [0.3, 0.4) is 0 Å². The number of nitrogens with one attached hydrogen (secondary N) is 1. The van der Waals surface area contributed by atoms with Gasteiger partial charge in [-0.25, -0.2) is 0 Å². The number of phenols is 1. The Morgan fingerprint density at radius 3 is 2.68 bits per heavy atom. The van der Waals surface area contributed by atoms with Gasteiger partial charge in [0.2, 0.25) is 0 Å². The summed E-state index contributed by atoms with van der Waals surface area (Å²) in [6.07, 6.45) is 2.08. The fourth-order valence-corrected chi connectivity index (χ4v) is 2.67. The van der Waals surface area contributed by atoms with Crippen molar-refractivity contribution in [1.82, 2.24) is 5.32 Å². The first-order chi connectivity index (χ1) is 8.99. The molecule has 2 rings (SSSR count). The second kappa shape index (κ2) is 5.77. The molecule has 6 heteroatoms. The average molecular weight is 375 g/mol. The van der Waals surface area contributed by atoms with Crippen LogP contribution in [0.25, 0.3) is 0 Å². The van der Waals surface area contributed by atoms with Crippen molar-refractivity contribution in [1.29, 1.82) is 0 Å². The number of halogens is 1. The van der Waals surface area contributed by atoms with Crippen LogP contribution < -0.4 is 5.32 Å². The molecule has 3 N–H and O–H groups in total. The Morgan fingerprint density at radius 2 is 2.05 bits per heavy atom. The predicted molar refractivity (Wildman–Crippen MR) is 77.1 cm³/mol. The van der Waals surface area contributed by atoms with Crippen molar-refractivity contribution < 1.29 is 19.8 Å². The first-order valence-corrected chi connectivity index (χ1v) is 7.09. The van der Waals surface area contributed by atoms with Crippen molar-refractivity contribution in [3.63, 3.8) is 0 Å². The van der Waals surface area contributed by atoms with Crippen molar-refractivity contribution in [2.24, 2.45) is 5.92 Å². The van der Waals surface area contributed by atoms with Gasteiger partial charge < -0.3 is 15.5 Å². The molecule has 1 fully saturated rings. The molecule has 0 aliphatic heterocycles. The molecule has 1 aliphatic rings. The number of carbonyl (C=O) groups is 2. The summed E-state index contributed by atoms with van der Waals surface area (Å²) in [6, 6.07) is 4.32. The van der Waals surface area contributed by atoms with Gasteiger partial charge in [0.25, 0.3) is 5.91 Å². The molecule has 0 spiro atoms. The number of phenolic OH excluding ortho intramolecular Hbond substituents is 1. The highest BCUT2D eigenvalue weighted by Crippen LogP contribution is 2.26. The Balaban J connectivity index is 2.08. The molecular weight excluding hydrogens is 361 g/mol. The fourth-order valence-electron chi connectivity index (χ4n) is 2.33. The molecule has 0 radical (unpaired) electrons. The summed E-state index contributed by atoms with van der Waals surface area (Å²) in [5.41, 5.74) is 0.342. The average Bonchev–Trinajstić information content (AvgIpc) is 2.80. The van der Waals surface area contributed by atoms with Crippen LogP contribution >= 0.6 is 22.6 Å². The summed E-state index contributed by atoms with van der Waals surface area (Å²) in [5.74, 6) is -1.67. The van der Waals surface area contributed by atoms with Gasteiger partial charge in [0, 0.05) is 11.6 Å². The van der Waals surface area contributed by atoms with E-state index in [0.717, 1.165) is 6.42 Å². The molecular formula is C13H14INO4. The van der Waals surface area contributed by atoms with E-state index in [9.17, 15) is 14.7 Å². The molecule has 0 heterocycles. The lowest BCUT2D eigenvalue weighted by atomic mass is 10.0. The Labute approximate surface area is 124 Å². The van der Waals surface area contributed by atoms with Gasteiger partial charge in [0.05, 0.1) is 9.49 Å². The topological polar surface area (TPSA) is 86.6 Å². The second-order valence-corrected chi connectivity index (χ2v) is 5.78. The normalized spacial score (nSPS) is 22.2. The van der Waals surface area contributed by atoms with Crippen LogP contribution in [0.15, 0.2) is 18.2 Å². The number of carbonyl (C=O) groups excluding carboxylic acids is 1. The molecule has 1 aliphatic carbocycles. The third-order valence-corrected chi connectivity index (χ3v) is 4.27. The number of rotatable bonds is 3. The van der Waals surface area contributed by atoms with Gasteiger partial charge in [-0.1, -0.05) is 6.42 Å². The quantitative estimate of drug-likeness (QED) is 0.706. The highest BCUT2D eigenvalue weighted by molar-refractivity contribution is 14.1. The number of amides is 1. The van der Waals surface area contributed by atoms with Gasteiger partial charge in [0.1, 0.15) is 5.75 Å². The van der Waals surface area contributed by atoms with E-state index in [4.69, 9.17) is 5.11 Å². The van der Waals surface area contributed by atoms with E-state index < -0.39 is 11.9 Å². The van der Waals surface area contributed by atoms with Crippen LogP contribution in [-0.4, -0.2) is 28.1 Å². The number of aliphatic carboxylic acids is 1. The van der Waals surface area contributed by atoms with E-state index in [2.05, 4.69) is 5.32 Å². The number of carboxylic acid groups (broad SMARTS) is 1. The molecule has 1 aromatic carbocycles. The highest BCUT2D eigenvalue weighted by Gasteiger charge is 2.34. The van der Waals surface area contributed by atoms with E-state index in [1.807, 2.05) is 22.6 Å². The van der Waals surface area contributed by atoms with Crippen molar-refractivity contribution in [3.05, 3.63) is 27.3 Å². The van der Waals surface area contributed by atoms with Crippen LogP contribution in [0.5, 0.6) is 5.75 Å². The van der Waals surface area contributed by atoms with E-state index in [1.165, 1.54) is 6.07 Å². The molecule has 19 heavy (non-hydrogen) atoms. The number of hydrogen-bond donors (Lipinski definition) is 3. The summed E-state index contributed by atoms with van der Waals surface area (Å²) < 4.78 is 0.665. The highest BCUT2D eigenvalue weighted by atomic mass is 127. The second-order valence-electron chi connectivity index (χ2n) is 4.62. The maximum Gasteiger partial charge on any atom is 0.308 e. The minimum Gasteiger partial charge on any atom is -0.507 e. The monoisotopic (exact) mass is 375 g/mol. The van der Waals surface area contributed by atoms with E-state index in [1.54, 1.807) is 12.1 Å². The number of aromatic hydroxyl groups is 1. The lowest BCUT2D eigenvalue weighted by Gasteiger charge is -2.17. The maximum absolute atomic E-state index is 12.0. The molecule has 102 valence electrons. The van der Waals surface area contributed by atoms with Crippen LogP contribution in [-0.2, 0) is 4.79 Å². The first kappa shape index (κ1) is 14.1. The molecule has 0 aromatic heterocycles. The van der Waals surface area contributed by atoms with E-state index in [0.29, 0.717) is 22.0 Å². The first-order valence-electron chi connectivity index (χ1n) is 6.01. The van der Waals surface area contributed by atoms with Crippen molar-refractivity contribution in [2.45, 2.75) is 25.3 Å². The zero-order valence-corrected chi connectivity index (χ0v) is 12.3. The lowest BCUT2D eigenvalue weighted by molar-refractivity contribution is -0.142. The van der Waals surface area contributed by atoms with Gasteiger partial charge in [-0.2, -0.15) is 0 Å². The molecule has 1 amide bonds. The Bertz CT molecular complexity index is 517. The van der Waals surface area contributed by atoms with Gasteiger partial charge >= 0.3 is 5.97 Å². The van der Waals surface area contributed by atoms with Crippen molar-refractivity contribution >= 4 is 34.5 Å². The third kappa shape index (κ3) is 3.17. The van der Waals surface area contributed by atoms with Crippen LogP contribution in [0.1, 0.15) is 29.6 Å². The minimum absolute atomic E-state index is 0.0504. The Hall–Kier alpha value is -1.31. The van der Waals surface area contributed by atoms with Gasteiger partial charge in [-0.15, -0.1) is 0 Å². The number of carboxylic acids is 1. The van der Waals surface area contributed by atoms with E-state index in [-0.39, 0.29) is 17.7 Å². The lowest BCUT2D eigenvalue weighted by Crippen LogP contribution is -2.40. The summed E-state index contributed by atoms with van der Waals surface area (Å²) >= 11 is 1.97. The zero-order valence-electron chi connectivity index (χ0n) is 10.1. The zero-order chi connectivity index (χ0) is 14.0. The van der Waals surface area contributed by atoms with E-state index >= 15 is 0 Å². The van der Waals surface area contributed by atoms with Crippen LogP contribution in [0.4, 0.5) is 0 Å². The van der Waals surface area contributed by atoms with Gasteiger partial charge in [-0.3, -0.25) is 9.59 Å². The number of hydrogen-bond acceptors (Lipinski definition) is 3. The smallest absolute Gasteiger partial charge is 0.308 e. The number of benzene rings is 1. The largest absolute Gasteiger partial charge is 0.507 e. The van der Waals surface area contributed by atoms with Crippen molar-refractivity contribution in [3.8, 4) is 5.75 Å². The van der Waals surface area contributed by atoms with Crippen LogP contribution in [0, 0.1) is 9.49 Å². The maximum atomic E-state index is 12.0. The summed E-state index contributed by atoms with van der Waals surface area (Å²) in [6.45, 7) is 0.